The maximum absolute atomic E-state index is 13.7. The van der Waals surface area contributed by atoms with Gasteiger partial charge in [-0.05, 0) is 51.3 Å². The number of rotatable bonds is 3. The number of halogens is 2. The van der Waals surface area contributed by atoms with Gasteiger partial charge in [0.15, 0.2) is 11.6 Å². The highest BCUT2D eigenvalue weighted by molar-refractivity contribution is 5.78. The monoisotopic (exact) mass is 369 g/mol. The number of hydrogen-bond donors (Lipinski definition) is 1. The van der Waals surface area contributed by atoms with E-state index in [2.05, 4.69) is 0 Å². The zero-order valence-corrected chi connectivity index (χ0v) is 15.5. The summed E-state index contributed by atoms with van der Waals surface area (Å²) in [5.41, 5.74) is -1.55. The van der Waals surface area contributed by atoms with Crippen LogP contribution in [0.5, 0.6) is 0 Å². The minimum absolute atomic E-state index is 0.0442. The first kappa shape index (κ1) is 20.1. The summed E-state index contributed by atoms with van der Waals surface area (Å²) in [6, 6.07) is 3.48. The summed E-state index contributed by atoms with van der Waals surface area (Å²) in [5, 5.41) is 9.93. The van der Waals surface area contributed by atoms with E-state index in [4.69, 9.17) is 4.74 Å². The number of carbonyl (C=O) groups is 2. The van der Waals surface area contributed by atoms with Crippen molar-refractivity contribution < 1.29 is 28.2 Å². The lowest BCUT2D eigenvalue weighted by Crippen LogP contribution is -2.54. The Bertz CT molecular complexity index is 701. The Balaban J connectivity index is 2.36. The molecule has 0 aliphatic carbocycles. The number of nitrogens with zero attached hydrogens (tertiary/aromatic N) is 1. The fourth-order valence-electron chi connectivity index (χ4n) is 3.51. The Morgan fingerprint density at radius 3 is 2.46 bits per heavy atom. The van der Waals surface area contributed by atoms with Gasteiger partial charge in [0.2, 0.25) is 0 Å². The van der Waals surface area contributed by atoms with E-state index in [9.17, 15) is 23.5 Å². The quantitative estimate of drug-likeness (QED) is 0.868. The van der Waals surface area contributed by atoms with Gasteiger partial charge < -0.3 is 14.7 Å². The van der Waals surface area contributed by atoms with Gasteiger partial charge in [-0.1, -0.05) is 13.0 Å². The summed E-state index contributed by atoms with van der Waals surface area (Å²) in [6.07, 6.45) is -0.00393. The number of hydrogen-bond acceptors (Lipinski definition) is 3. The molecule has 1 heterocycles. The maximum atomic E-state index is 13.7. The van der Waals surface area contributed by atoms with Crippen molar-refractivity contribution in [3.05, 3.63) is 35.4 Å². The molecule has 1 aliphatic rings. The molecule has 2 rings (SSSR count). The second-order valence-corrected chi connectivity index (χ2v) is 7.73. The number of amides is 1. The minimum Gasteiger partial charge on any atom is -0.481 e. The molecule has 0 unspecified atom stereocenters. The van der Waals surface area contributed by atoms with Gasteiger partial charge >= 0.3 is 12.1 Å². The third-order valence-electron chi connectivity index (χ3n) is 4.88. The lowest BCUT2D eigenvalue weighted by atomic mass is 9.66. The third kappa shape index (κ3) is 3.97. The van der Waals surface area contributed by atoms with Crippen LogP contribution in [0.15, 0.2) is 18.2 Å². The SMILES string of the molecule is CC[C@]1(C(=O)O)CN(C(=O)OC(C)(C)C)CC[C@@H]1c1ccc(F)c(F)c1. The van der Waals surface area contributed by atoms with Crippen LogP contribution in [0.1, 0.15) is 52.0 Å². The number of piperidine rings is 1. The summed E-state index contributed by atoms with van der Waals surface area (Å²) in [7, 11) is 0. The Morgan fingerprint density at radius 2 is 1.96 bits per heavy atom. The predicted molar refractivity (Wildman–Crippen MR) is 91.9 cm³/mol. The molecule has 5 nitrogen and oxygen atoms in total. The molecule has 1 aliphatic heterocycles. The van der Waals surface area contributed by atoms with Crippen molar-refractivity contribution in [2.75, 3.05) is 13.1 Å². The minimum atomic E-state index is -1.29. The number of ether oxygens (including phenoxy) is 1. The van der Waals surface area contributed by atoms with Crippen LogP contribution < -0.4 is 0 Å². The number of likely N-dealkylation sites (tertiary alicyclic amines) is 1. The van der Waals surface area contributed by atoms with Crippen molar-refractivity contribution in [1.29, 1.82) is 0 Å². The predicted octanol–water partition coefficient (Wildman–Crippen LogP) is 4.17. The van der Waals surface area contributed by atoms with E-state index < -0.39 is 40.6 Å². The highest BCUT2D eigenvalue weighted by Gasteiger charge is 2.50. The molecule has 0 spiro atoms. The van der Waals surface area contributed by atoms with E-state index in [1.807, 2.05) is 0 Å². The molecule has 26 heavy (non-hydrogen) atoms. The first-order chi connectivity index (χ1) is 12.0. The highest BCUT2D eigenvalue weighted by atomic mass is 19.2. The second-order valence-electron chi connectivity index (χ2n) is 7.73. The molecule has 144 valence electrons. The van der Waals surface area contributed by atoms with Crippen LogP contribution in [0, 0.1) is 17.0 Å². The van der Waals surface area contributed by atoms with Crippen molar-refractivity contribution in [2.45, 2.75) is 52.1 Å². The zero-order chi connectivity index (χ0) is 19.7. The molecule has 2 atom stereocenters. The standard InChI is InChI=1S/C19H25F2NO4/c1-5-19(16(23)24)11-22(17(25)26-18(2,3)4)9-8-13(19)12-6-7-14(20)15(21)10-12/h6-7,10,13H,5,8-9,11H2,1-4H3,(H,23,24)/t13-,19+/m1/s1. The van der Waals surface area contributed by atoms with Crippen LogP contribution >= 0.6 is 0 Å². The fourth-order valence-corrected chi connectivity index (χ4v) is 3.51. The lowest BCUT2D eigenvalue weighted by molar-refractivity contribution is -0.154. The number of carboxylic acid groups (broad SMARTS) is 1. The van der Waals surface area contributed by atoms with Gasteiger partial charge in [-0.3, -0.25) is 4.79 Å². The first-order valence-electron chi connectivity index (χ1n) is 8.66. The Kier molecular flexibility index (Phi) is 5.58. The molecule has 0 aromatic heterocycles. The van der Waals surface area contributed by atoms with E-state index in [1.54, 1.807) is 27.7 Å². The Hall–Kier alpha value is -2.18. The van der Waals surface area contributed by atoms with Gasteiger partial charge in [-0.2, -0.15) is 0 Å². The van der Waals surface area contributed by atoms with Crippen LogP contribution in [0.2, 0.25) is 0 Å². The molecule has 0 radical (unpaired) electrons. The highest BCUT2D eigenvalue weighted by Crippen LogP contribution is 2.46. The molecule has 0 saturated carbocycles. The number of carbonyl (C=O) groups excluding carboxylic acids is 1. The normalized spacial score (nSPS) is 23.6. The van der Waals surface area contributed by atoms with Gasteiger partial charge in [0.25, 0.3) is 0 Å². The van der Waals surface area contributed by atoms with E-state index in [0.29, 0.717) is 12.0 Å². The fraction of sp³-hybridized carbons (Fsp3) is 0.579. The van der Waals surface area contributed by atoms with Gasteiger partial charge in [-0.15, -0.1) is 0 Å². The topological polar surface area (TPSA) is 66.8 Å². The van der Waals surface area contributed by atoms with E-state index in [1.165, 1.54) is 11.0 Å². The summed E-state index contributed by atoms with van der Waals surface area (Å²) < 4.78 is 32.3. The van der Waals surface area contributed by atoms with Gasteiger partial charge in [0, 0.05) is 19.0 Å². The summed E-state index contributed by atoms with van der Waals surface area (Å²) >= 11 is 0. The van der Waals surface area contributed by atoms with Gasteiger partial charge in [0.05, 0.1) is 5.41 Å². The van der Waals surface area contributed by atoms with E-state index in [-0.39, 0.29) is 19.5 Å². The Morgan fingerprint density at radius 1 is 1.31 bits per heavy atom. The first-order valence-corrected chi connectivity index (χ1v) is 8.66. The molecule has 7 heteroatoms. The molecular weight excluding hydrogens is 344 g/mol. The van der Waals surface area contributed by atoms with Crippen molar-refractivity contribution in [3.8, 4) is 0 Å². The van der Waals surface area contributed by atoms with Crippen LogP contribution in [-0.4, -0.2) is 40.8 Å². The van der Waals surface area contributed by atoms with Crippen LogP contribution in [0.4, 0.5) is 13.6 Å². The second kappa shape index (κ2) is 7.21. The van der Waals surface area contributed by atoms with E-state index in [0.717, 1.165) is 12.1 Å². The summed E-state index contributed by atoms with van der Waals surface area (Å²) in [5.74, 6) is -3.58. The average Bonchev–Trinajstić information content (AvgIpc) is 2.55. The zero-order valence-electron chi connectivity index (χ0n) is 15.5. The van der Waals surface area contributed by atoms with Crippen molar-refractivity contribution in [3.63, 3.8) is 0 Å². The summed E-state index contributed by atoms with van der Waals surface area (Å²) in [4.78, 5) is 25.9. The van der Waals surface area contributed by atoms with Crippen molar-refractivity contribution >= 4 is 12.1 Å². The molecule has 1 aromatic carbocycles. The molecule has 1 fully saturated rings. The Labute approximate surface area is 151 Å². The lowest BCUT2D eigenvalue weighted by Gasteiger charge is -2.45. The van der Waals surface area contributed by atoms with Crippen LogP contribution in [0.25, 0.3) is 0 Å². The van der Waals surface area contributed by atoms with Crippen molar-refractivity contribution in [1.82, 2.24) is 4.90 Å². The van der Waals surface area contributed by atoms with Crippen LogP contribution in [0.3, 0.4) is 0 Å². The molecule has 1 N–H and O–H groups in total. The summed E-state index contributed by atoms with van der Waals surface area (Å²) in [6.45, 7) is 7.18. The third-order valence-corrected chi connectivity index (χ3v) is 4.88. The smallest absolute Gasteiger partial charge is 0.410 e. The molecule has 1 saturated heterocycles. The van der Waals surface area contributed by atoms with Gasteiger partial charge in [-0.25, -0.2) is 13.6 Å². The number of aliphatic carboxylic acids is 1. The molecule has 1 aromatic rings. The van der Waals surface area contributed by atoms with Crippen molar-refractivity contribution in [2.24, 2.45) is 5.41 Å². The van der Waals surface area contributed by atoms with Crippen LogP contribution in [-0.2, 0) is 9.53 Å². The molecular formula is C19H25F2NO4. The number of benzene rings is 1. The molecule has 1 amide bonds. The van der Waals surface area contributed by atoms with E-state index >= 15 is 0 Å². The maximum Gasteiger partial charge on any atom is 0.410 e. The van der Waals surface area contributed by atoms with Gasteiger partial charge in [0.1, 0.15) is 5.60 Å². The number of carboxylic acids is 1. The largest absolute Gasteiger partial charge is 0.481 e. The molecule has 0 bridgehead atoms. The average molecular weight is 369 g/mol.